The van der Waals surface area contributed by atoms with Crippen molar-refractivity contribution >= 4 is 11.3 Å². The zero-order valence-electron chi connectivity index (χ0n) is 9.44. The van der Waals surface area contributed by atoms with E-state index in [1.165, 1.54) is 16.0 Å². The SMILES string of the molecule is Cc1ccncc1CNCCc1cccs1. The summed E-state index contributed by atoms with van der Waals surface area (Å²) in [6.07, 6.45) is 4.88. The molecule has 0 aliphatic heterocycles. The number of nitrogens with one attached hydrogen (secondary N) is 1. The van der Waals surface area contributed by atoms with Gasteiger partial charge < -0.3 is 5.32 Å². The Morgan fingerprint density at radius 1 is 1.38 bits per heavy atom. The molecule has 0 atom stereocenters. The molecule has 2 rings (SSSR count). The third kappa shape index (κ3) is 3.15. The molecule has 0 unspecified atom stereocenters. The molecule has 0 fully saturated rings. The highest BCUT2D eigenvalue weighted by Crippen LogP contribution is 2.08. The average Bonchev–Trinajstić information content (AvgIpc) is 2.79. The van der Waals surface area contributed by atoms with Crippen LogP contribution in [0.4, 0.5) is 0 Å². The molecule has 0 aliphatic carbocycles. The van der Waals surface area contributed by atoms with Crippen LogP contribution < -0.4 is 5.32 Å². The summed E-state index contributed by atoms with van der Waals surface area (Å²) in [6.45, 7) is 4.05. The molecule has 0 spiro atoms. The van der Waals surface area contributed by atoms with Gasteiger partial charge in [0, 0.05) is 30.4 Å². The maximum atomic E-state index is 4.14. The Morgan fingerprint density at radius 2 is 2.31 bits per heavy atom. The van der Waals surface area contributed by atoms with Crippen molar-refractivity contribution in [3.63, 3.8) is 0 Å². The van der Waals surface area contributed by atoms with Gasteiger partial charge in [0.15, 0.2) is 0 Å². The summed E-state index contributed by atoms with van der Waals surface area (Å²) < 4.78 is 0. The second kappa shape index (κ2) is 5.77. The van der Waals surface area contributed by atoms with Crippen LogP contribution in [-0.4, -0.2) is 11.5 Å². The number of hydrogen-bond donors (Lipinski definition) is 1. The normalized spacial score (nSPS) is 10.6. The van der Waals surface area contributed by atoms with Crippen molar-refractivity contribution in [1.29, 1.82) is 0 Å². The molecule has 2 nitrogen and oxygen atoms in total. The molecule has 0 aliphatic rings. The van der Waals surface area contributed by atoms with E-state index in [0.29, 0.717) is 0 Å². The van der Waals surface area contributed by atoms with Gasteiger partial charge >= 0.3 is 0 Å². The molecule has 0 bridgehead atoms. The fourth-order valence-electron chi connectivity index (χ4n) is 1.57. The number of thiophene rings is 1. The Labute approximate surface area is 100 Å². The van der Waals surface area contributed by atoms with E-state index in [9.17, 15) is 0 Å². The minimum absolute atomic E-state index is 0.908. The number of rotatable bonds is 5. The van der Waals surface area contributed by atoms with Gasteiger partial charge in [0.1, 0.15) is 0 Å². The first-order chi connectivity index (χ1) is 7.86. The summed E-state index contributed by atoms with van der Waals surface area (Å²) in [7, 11) is 0. The second-order valence-electron chi connectivity index (χ2n) is 3.81. The molecule has 84 valence electrons. The first kappa shape index (κ1) is 11.3. The second-order valence-corrected chi connectivity index (χ2v) is 4.84. The van der Waals surface area contributed by atoms with E-state index in [-0.39, 0.29) is 0 Å². The van der Waals surface area contributed by atoms with Crippen LogP contribution in [0.1, 0.15) is 16.0 Å². The van der Waals surface area contributed by atoms with Crippen LogP contribution >= 0.6 is 11.3 Å². The first-order valence-corrected chi connectivity index (χ1v) is 6.37. The minimum Gasteiger partial charge on any atom is -0.312 e. The summed E-state index contributed by atoms with van der Waals surface area (Å²) in [5, 5.41) is 5.57. The zero-order chi connectivity index (χ0) is 11.2. The van der Waals surface area contributed by atoms with E-state index in [2.05, 4.69) is 40.8 Å². The Bertz CT molecular complexity index is 423. The maximum Gasteiger partial charge on any atom is 0.0315 e. The third-order valence-corrected chi connectivity index (χ3v) is 3.53. The molecule has 0 saturated carbocycles. The van der Waals surface area contributed by atoms with Gasteiger partial charge in [0.2, 0.25) is 0 Å². The molecule has 1 N–H and O–H groups in total. The van der Waals surface area contributed by atoms with Gasteiger partial charge in [-0.3, -0.25) is 4.98 Å². The molecular formula is C13H16N2S. The number of hydrogen-bond acceptors (Lipinski definition) is 3. The Kier molecular flexibility index (Phi) is 4.08. The van der Waals surface area contributed by atoms with Crippen LogP contribution in [0, 0.1) is 6.92 Å². The van der Waals surface area contributed by atoms with E-state index in [1.54, 1.807) is 0 Å². The van der Waals surface area contributed by atoms with Crippen molar-refractivity contribution in [3.05, 3.63) is 52.0 Å². The van der Waals surface area contributed by atoms with Gasteiger partial charge in [0.25, 0.3) is 0 Å². The molecule has 2 aromatic heterocycles. The lowest BCUT2D eigenvalue weighted by Crippen LogP contribution is -2.17. The lowest BCUT2D eigenvalue weighted by Gasteiger charge is -2.06. The third-order valence-electron chi connectivity index (χ3n) is 2.59. The highest BCUT2D eigenvalue weighted by molar-refractivity contribution is 7.09. The maximum absolute atomic E-state index is 4.14. The highest BCUT2D eigenvalue weighted by atomic mass is 32.1. The molecular weight excluding hydrogens is 216 g/mol. The summed E-state index contributed by atoms with van der Waals surface area (Å²) in [5.41, 5.74) is 2.59. The predicted molar refractivity (Wildman–Crippen MR) is 68.7 cm³/mol. The predicted octanol–water partition coefficient (Wildman–Crippen LogP) is 2.78. The molecule has 3 heteroatoms. The van der Waals surface area contributed by atoms with Crippen molar-refractivity contribution < 1.29 is 0 Å². The van der Waals surface area contributed by atoms with Crippen molar-refractivity contribution in [1.82, 2.24) is 10.3 Å². The average molecular weight is 232 g/mol. The Hall–Kier alpha value is -1.19. The zero-order valence-corrected chi connectivity index (χ0v) is 10.3. The molecule has 2 aromatic rings. The van der Waals surface area contributed by atoms with Gasteiger partial charge in [-0.25, -0.2) is 0 Å². The van der Waals surface area contributed by atoms with Crippen LogP contribution in [0.3, 0.4) is 0 Å². The van der Waals surface area contributed by atoms with Crippen LogP contribution in [0.25, 0.3) is 0 Å². The number of pyridine rings is 1. The van der Waals surface area contributed by atoms with Crippen LogP contribution in [0.15, 0.2) is 36.0 Å². The summed E-state index contributed by atoms with van der Waals surface area (Å²) in [5.74, 6) is 0. The van der Waals surface area contributed by atoms with Crippen molar-refractivity contribution in [2.75, 3.05) is 6.54 Å². The lowest BCUT2D eigenvalue weighted by molar-refractivity contribution is 0.686. The monoisotopic (exact) mass is 232 g/mol. The van der Waals surface area contributed by atoms with Crippen molar-refractivity contribution in [2.45, 2.75) is 19.9 Å². The summed E-state index contributed by atoms with van der Waals surface area (Å²) >= 11 is 1.82. The van der Waals surface area contributed by atoms with Gasteiger partial charge in [-0.15, -0.1) is 11.3 Å². The number of aromatic nitrogens is 1. The van der Waals surface area contributed by atoms with Gasteiger partial charge in [-0.05, 0) is 42.0 Å². The van der Waals surface area contributed by atoms with Crippen LogP contribution in [0.5, 0.6) is 0 Å². The van der Waals surface area contributed by atoms with E-state index < -0.39 is 0 Å². The Balaban J connectivity index is 1.74. The molecule has 0 radical (unpaired) electrons. The van der Waals surface area contributed by atoms with Gasteiger partial charge in [0.05, 0.1) is 0 Å². The fourth-order valence-corrected chi connectivity index (χ4v) is 2.28. The van der Waals surface area contributed by atoms with E-state index in [4.69, 9.17) is 0 Å². The number of aryl methyl sites for hydroxylation is 1. The highest BCUT2D eigenvalue weighted by Gasteiger charge is 1.97. The summed E-state index contributed by atoms with van der Waals surface area (Å²) in [4.78, 5) is 5.58. The Morgan fingerprint density at radius 3 is 3.06 bits per heavy atom. The van der Waals surface area contributed by atoms with Crippen LogP contribution in [0.2, 0.25) is 0 Å². The van der Waals surface area contributed by atoms with Gasteiger partial charge in [-0.1, -0.05) is 6.07 Å². The first-order valence-electron chi connectivity index (χ1n) is 5.49. The fraction of sp³-hybridized carbons (Fsp3) is 0.308. The molecule has 0 amide bonds. The van der Waals surface area contributed by atoms with Gasteiger partial charge in [-0.2, -0.15) is 0 Å². The molecule has 16 heavy (non-hydrogen) atoms. The van der Waals surface area contributed by atoms with E-state index in [0.717, 1.165) is 19.5 Å². The van der Waals surface area contributed by atoms with E-state index in [1.807, 2.05) is 23.7 Å². The lowest BCUT2D eigenvalue weighted by atomic mass is 10.1. The van der Waals surface area contributed by atoms with E-state index >= 15 is 0 Å². The van der Waals surface area contributed by atoms with Crippen LogP contribution in [-0.2, 0) is 13.0 Å². The standard InChI is InChI=1S/C13H16N2S/c1-11-4-6-14-9-12(11)10-15-7-5-13-3-2-8-16-13/h2-4,6,8-9,15H,5,7,10H2,1H3. The topological polar surface area (TPSA) is 24.9 Å². The quantitative estimate of drug-likeness (QED) is 0.802. The largest absolute Gasteiger partial charge is 0.312 e. The number of nitrogens with zero attached hydrogens (tertiary/aromatic N) is 1. The molecule has 0 saturated heterocycles. The smallest absolute Gasteiger partial charge is 0.0315 e. The molecule has 0 aromatic carbocycles. The molecule has 2 heterocycles. The van der Waals surface area contributed by atoms with Crippen molar-refractivity contribution in [2.24, 2.45) is 0 Å². The summed E-state index contributed by atoms with van der Waals surface area (Å²) in [6, 6.07) is 6.34. The minimum atomic E-state index is 0.908. The van der Waals surface area contributed by atoms with Crippen molar-refractivity contribution in [3.8, 4) is 0 Å².